The second-order valence-corrected chi connectivity index (χ2v) is 30.4. The van der Waals surface area contributed by atoms with E-state index in [1.807, 2.05) is 0 Å². The second-order valence-electron chi connectivity index (χ2n) is 18.9. The van der Waals surface area contributed by atoms with Crippen LogP contribution >= 0.6 is 46.9 Å². The molecule has 1 aromatic carbocycles. The van der Waals surface area contributed by atoms with Gasteiger partial charge >= 0.3 is 198 Å². The van der Waals surface area contributed by atoms with Gasteiger partial charge in [0.25, 0.3) is 0 Å². The van der Waals surface area contributed by atoms with Gasteiger partial charge in [-0.3, -0.25) is 0 Å². The minimum atomic E-state index is -10.7. The topological polar surface area (TPSA) is 23.3 Å². The predicted octanol–water partition coefficient (Wildman–Crippen LogP) is 25.9. The van der Waals surface area contributed by atoms with E-state index in [0.29, 0.717) is 0 Å². The van der Waals surface area contributed by atoms with Crippen molar-refractivity contribution in [1.82, 2.24) is 0 Å². The molecule has 6 heterocycles. The van der Waals surface area contributed by atoms with Crippen LogP contribution in [0.3, 0.4) is 0 Å². The number of halogens is 36. The molecular formula is C45H48F36N6P6. The predicted molar refractivity (Wildman–Crippen MR) is 279 cm³/mol. The molecule has 7 rings (SSSR count). The van der Waals surface area contributed by atoms with Gasteiger partial charge in [-0.05, 0) is 72.4 Å². The van der Waals surface area contributed by atoms with Crippen LogP contribution in [0.5, 0.6) is 0 Å². The standard InChI is InChI=1S/C45H48N6.6F6P/c1-4-46-19-7-40(8-20-46)43-13-25-49(26-14-43)34-37-31-38(35-50-27-15-44(16-28-50)41-9-21-47(5-2)22-10-41)33-39(32-37)36-51-29-17-45(18-30-51)42-11-23-48(6-3)24-12-42;6*1-7(2,3,4,5)6/h7-33H,4-6,34-36H2,1-3H3;;;;;;/q+6;6*-1. The van der Waals surface area contributed by atoms with Crippen molar-refractivity contribution in [2.24, 2.45) is 0 Å². The molecule has 0 fully saturated rings. The number of aromatic nitrogens is 6. The van der Waals surface area contributed by atoms with Crippen LogP contribution in [0, 0.1) is 0 Å². The Bertz CT molecular complexity index is 3080. The van der Waals surface area contributed by atoms with Gasteiger partial charge in [-0.25, -0.2) is 27.4 Å². The van der Waals surface area contributed by atoms with Crippen LogP contribution in [-0.2, 0) is 39.3 Å². The van der Waals surface area contributed by atoms with E-state index in [-0.39, 0.29) is 0 Å². The van der Waals surface area contributed by atoms with E-state index in [1.165, 1.54) is 50.1 Å². The van der Waals surface area contributed by atoms with Crippen LogP contribution in [0.25, 0.3) is 33.4 Å². The molecule has 48 heteroatoms. The van der Waals surface area contributed by atoms with Gasteiger partial charge in [-0.1, -0.05) is 0 Å². The van der Waals surface area contributed by atoms with E-state index in [1.54, 1.807) is 0 Å². The molecule has 6 aromatic heterocycles. The van der Waals surface area contributed by atoms with E-state index in [0.717, 1.165) is 39.3 Å². The zero-order valence-electron chi connectivity index (χ0n) is 46.3. The Hall–Kier alpha value is -5.82. The summed E-state index contributed by atoms with van der Waals surface area (Å²) in [5.74, 6) is 0. The Morgan fingerprint density at radius 1 is 0.194 bits per heavy atom. The molecule has 6 nitrogen and oxygen atoms in total. The average molecular weight is 1540 g/mol. The fourth-order valence-corrected chi connectivity index (χ4v) is 6.59. The third-order valence-corrected chi connectivity index (χ3v) is 9.65. The van der Waals surface area contributed by atoms with Gasteiger partial charge in [0.2, 0.25) is 0 Å². The molecule has 0 aliphatic carbocycles. The zero-order valence-corrected chi connectivity index (χ0v) is 51.7. The van der Waals surface area contributed by atoms with Crippen molar-refractivity contribution in [2.75, 3.05) is 0 Å². The quantitative estimate of drug-likeness (QED) is 0.0661. The summed E-state index contributed by atoms with van der Waals surface area (Å²) in [5.41, 5.74) is 11.3. The van der Waals surface area contributed by atoms with E-state index < -0.39 is 46.9 Å². The van der Waals surface area contributed by atoms with Crippen LogP contribution in [0.1, 0.15) is 37.5 Å². The third-order valence-electron chi connectivity index (χ3n) is 9.65. The first-order chi connectivity index (χ1) is 39.7. The van der Waals surface area contributed by atoms with Gasteiger partial charge in [0.15, 0.2) is 94.0 Å². The molecule has 0 aliphatic rings. The summed E-state index contributed by atoms with van der Waals surface area (Å²) >= 11 is 0. The zero-order chi connectivity index (χ0) is 73.4. The van der Waals surface area contributed by atoms with Gasteiger partial charge in [-0.15, -0.1) is 0 Å². The van der Waals surface area contributed by atoms with Crippen molar-refractivity contribution in [2.45, 2.75) is 60.0 Å². The summed E-state index contributed by atoms with van der Waals surface area (Å²) in [5, 5.41) is 0. The van der Waals surface area contributed by atoms with E-state index in [2.05, 4.69) is 214 Å². The maximum absolute atomic E-state index is 10.7. The summed E-state index contributed by atoms with van der Waals surface area (Å²) in [7, 11) is -63.9. The number of hydrogen-bond donors (Lipinski definition) is 0. The first-order valence-electron chi connectivity index (χ1n) is 24.2. The molecule has 540 valence electrons. The normalized spacial score (nSPS) is 16.5. The molecule has 0 saturated heterocycles. The summed E-state index contributed by atoms with van der Waals surface area (Å²) in [6, 6.07) is 33.5. The molecule has 0 bridgehead atoms. The third kappa shape index (κ3) is 66.0. The molecule has 0 saturated carbocycles. The van der Waals surface area contributed by atoms with Crippen LogP contribution in [0.4, 0.5) is 151 Å². The Labute approximate surface area is 500 Å². The summed E-state index contributed by atoms with van der Waals surface area (Å²) in [6.07, 6.45) is 26.0. The SMILES string of the molecule is CC[n+]1ccc(-c2cc[n+](Cc3cc(C[n+]4ccc(-c5cc[n+](CC)cc5)cc4)cc(C[n+]4ccc(-c5cc[n+](CC)cc5)cc4)c3)cc2)cc1.F[P-](F)(F)(F)(F)F.F[P-](F)(F)(F)(F)F.F[P-](F)(F)(F)(F)F.F[P-](F)(F)(F)(F)F.F[P-](F)(F)(F)(F)F.F[P-](F)(F)(F)(F)F. The van der Waals surface area contributed by atoms with Gasteiger partial charge in [0, 0.05) is 89.5 Å². The number of rotatable bonds is 12. The van der Waals surface area contributed by atoms with Crippen LogP contribution < -0.4 is 27.4 Å². The fourth-order valence-electron chi connectivity index (χ4n) is 6.59. The number of pyridine rings is 6. The molecule has 0 amide bonds. The summed E-state index contributed by atoms with van der Waals surface area (Å²) in [6.45, 7) is 11.8. The summed E-state index contributed by atoms with van der Waals surface area (Å²) < 4.78 is 369. The summed E-state index contributed by atoms with van der Waals surface area (Å²) in [4.78, 5) is 0. The first kappa shape index (κ1) is 85.2. The van der Waals surface area contributed by atoms with Crippen molar-refractivity contribution in [3.63, 3.8) is 0 Å². The van der Waals surface area contributed by atoms with E-state index in [9.17, 15) is 151 Å². The molecule has 0 N–H and O–H groups in total. The average Bonchev–Trinajstić information content (AvgIpc) is 0.816. The monoisotopic (exact) mass is 1540 g/mol. The van der Waals surface area contributed by atoms with Crippen LogP contribution in [0.2, 0.25) is 0 Å². The number of nitrogens with zero attached hydrogens (tertiary/aromatic N) is 6. The molecule has 7 aromatic rings. The number of hydrogen-bond acceptors (Lipinski definition) is 0. The van der Waals surface area contributed by atoms with Gasteiger partial charge in [0.1, 0.15) is 19.6 Å². The van der Waals surface area contributed by atoms with Gasteiger partial charge in [0.05, 0.1) is 0 Å². The number of benzene rings is 1. The van der Waals surface area contributed by atoms with Crippen molar-refractivity contribution in [1.29, 1.82) is 0 Å². The molecule has 0 atom stereocenters. The van der Waals surface area contributed by atoms with Crippen molar-refractivity contribution < 1.29 is 178 Å². The maximum atomic E-state index is 9.87. The van der Waals surface area contributed by atoms with Crippen LogP contribution in [0.15, 0.2) is 165 Å². The molecule has 0 aliphatic heterocycles. The Morgan fingerprint density at radius 3 is 0.387 bits per heavy atom. The molecule has 0 radical (unpaired) electrons. The Morgan fingerprint density at radius 2 is 0.290 bits per heavy atom. The molecule has 0 unspecified atom stereocenters. The van der Waals surface area contributed by atoms with E-state index in [4.69, 9.17) is 0 Å². The van der Waals surface area contributed by atoms with E-state index >= 15 is 0 Å². The first-order valence-corrected chi connectivity index (χ1v) is 36.4. The molecule has 93 heavy (non-hydrogen) atoms. The van der Waals surface area contributed by atoms with Crippen molar-refractivity contribution in [3.8, 4) is 33.4 Å². The fraction of sp³-hybridized carbons (Fsp3) is 0.200. The van der Waals surface area contributed by atoms with Gasteiger partial charge in [-0.2, -0.15) is 0 Å². The van der Waals surface area contributed by atoms with Crippen molar-refractivity contribution in [3.05, 3.63) is 182 Å². The number of aryl methyl sites for hydroxylation is 3. The molecule has 0 spiro atoms. The van der Waals surface area contributed by atoms with Gasteiger partial charge < -0.3 is 0 Å². The minimum absolute atomic E-state index is 0.802. The second kappa shape index (κ2) is 23.8. The Kier molecular flexibility index (Phi) is 21.8. The molecular weight excluding hydrogens is 1490 g/mol. The van der Waals surface area contributed by atoms with Crippen molar-refractivity contribution >= 4 is 46.9 Å². The van der Waals surface area contributed by atoms with Crippen LogP contribution in [-0.4, -0.2) is 0 Å². The Balaban J connectivity index is 0.000000826.